The van der Waals surface area contributed by atoms with E-state index in [1.807, 2.05) is 0 Å². The van der Waals surface area contributed by atoms with Gasteiger partial charge in [-0.15, -0.1) is 0 Å². The zero-order valence-electron chi connectivity index (χ0n) is 11.8. The molecule has 2 saturated carbocycles. The van der Waals surface area contributed by atoms with Crippen molar-refractivity contribution >= 4 is 12.0 Å². The predicted molar refractivity (Wildman–Crippen MR) is 71.9 cm³/mol. The lowest BCUT2D eigenvalue weighted by molar-refractivity contribution is -0.148. The van der Waals surface area contributed by atoms with Crippen molar-refractivity contribution in [2.45, 2.75) is 63.5 Å². The molecule has 2 aliphatic carbocycles. The van der Waals surface area contributed by atoms with E-state index < -0.39 is 11.5 Å². The standard InChI is InChI=1S/C14H24N2O3/c1-10-4-6-11(7-5-10)16(2)13(19)15-14(12(17)18)8-3-9-14/h10-11H,3-9H2,1-2H3,(H,15,19)(H,17,18). The molecule has 0 aromatic heterocycles. The topological polar surface area (TPSA) is 69.6 Å². The van der Waals surface area contributed by atoms with E-state index in [1.54, 1.807) is 11.9 Å². The second-order valence-corrected chi connectivity index (χ2v) is 6.20. The first-order valence-corrected chi connectivity index (χ1v) is 7.23. The molecular formula is C14H24N2O3. The highest BCUT2D eigenvalue weighted by Crippen LogP contribution is 2.33. The Kier molecular flexibility index (Phi) is 4.02. The number of carboxylic acid groups (broad SMARTS) is 1. The zero-order valence-corrected chi connectivity index (χ0v) is 11.8. The van der Waals surface area contributed by atoms with Gasteiger partial charge in [0.25, 0.3) is 0 Å². The number of carboxylic acids is 1. The van der Waals surface area contributed by atoms with E-state index in [4.69, 9.17) is 0 Å². The molecule has 2 fully saturated rings. The smallest absolute Gasteiger partial charge is 0.329 e. The van der Waals surface area contributed by atoms with Crippen molar-refractivity contribution in [2.75, 3.05) is 7.05 Å². The molecule has 2 aliphatic rings. The molecule has 2 rings (SSSR count). The highest BCUT2D eigenvalue weighted by atomic mass is 16.4. The third kappa shape index (κ3) is 2.85. The molecule has 0 aliphatic heterocycles. The summed E-state index contributed by atoms with van der Waals surface area (Å²) in [6, 6.07) is 0.0174. The van der Waals surface area contributed by atoms with Crippen molar-refractivity contribution in [3.05, 3.63) is 0 Å². The number of hydrogen-bond donors (Lipinski definition) is 2. The molecule has 0 radical (unpaired) electrons. The van der Waals surface area contributed by atoms with Crippen molar-refractivity contribution in [3.8, 4) is 0 Å². The van der Waals surface area contributed by atoms with E-state index in [9.17, 15) is 14.7 Å². The lowest BCUT2D eigenvalue weighted by Crippen LogP contribution is -2.62. The molecule has 0 heterocycles. The van der Waals surface area contributed by atoms with Crippen LogP contribution in [0.2, 0.25) is 0 Å². The molecule has 108 valence electrons. The average molecular weight is 268 g/mol. The Morgan fingerprint density at radius 2 is 1.79 bits per heavy atom. The van der Waals surface area contributed by atoms with Crippen molar-refractivity contribution in [2.24, 2.45) is 5.92 Å². The fraction of sp³-hybridized carbons (Fsp3) is 0.857. The summed E-state index contributed by atoms with van der Waals surface area (Å²) in [5, 5.41) is 12.0. The van der Waals surface area contributed by atoms with Gasteiger partial charge in [0.15, 0.2) is 0 Å². The van der Waals surface area contributed by atoms with Crippen LogP contribution in [0.1, 0.15) is 51.9 Å². The number of nitrogens with zero attached hydrogens (tertiary/aromatic N) is 1. The lowest BCUT2D eigenvalue weighted by Gasteiger charge is -2.41. The van der Waals surface area contributed by atoms with Crippen LogP contribution < -0.4 is 5.32 Å². The number of carbonyl (C=O) groups excluding carboxylic acids is 1. The third-order valence-corrected chi connectivity index (χ3v) is 4.82. The van der Waals surface area contributed by atoms with Gasteiger partial charge in [-0.1, -0.05) is 6.92 Å². The summed E-state index contributed by atoms with van der Waals surface area (Å²) in [7, 11) is 1.78. The SMILES string of the molecule is CC1CCC(N(C)C(=O)NC2(C(=O)O)CCC2)CC1. The Morgan fingerprint density at radius 1 is 1.21 bits per heavy atom. The summed E-state index contributed by atoms with van der Waals surface area (Å²) < 4.78 is 0. The molecule has 5 nitrogen and oxygen atoms in total. The zero-order chi connectivity index (χ0) is 14.0. The number of hydrogen-bond acceptors (Lipinski definition) is 2. The maximum Gasteiger partial charge on any atom is 0.329 e. The molecule has 2 N–H and O–H groups in total. The van der Waals surface area contributed by atoms with Gasteiger partial charge in [0, 0.05) is 13.1 Å². The van der Waals surface area contributed by atoms with Crippen LogP contribution in [0, 0.1) is 5.92 Å². The van der Waals surface area contributed by atoms with Crippen LogP contribution in [0.5, 0.6) is 0 Å². The van der Waals surface area contributed by atoms with Crippen LogP contribution in [0.15, 0.2) is 0 Å². The van der Waals surface area contributed by atoms with Gasteiger partial charge in [0.1, 0.15) is 5.54 Å². The van der Waals surface area contributed by atoms with Gasteiger partial charge in [-0.3, -0.25) is 0 Å². The summed E-state index contributed by atoms with van der Waals surface area (Å²) in [6.45, 7) is 2.24. The minimum Gasteiger partial charge on any atom is -0.480 e. The van der Waals surface area contributed by atoms with Gasteiger partial charge in [-0.2, -0.15) is 0 Å². The maximum atomic E-state index is 12.2. The summed E-state index contributed by atoms with van der Waals surface area (Å²) in [6.07, 6.45) is 6.29. The fourth-order valence-electron chi connectivity index (χ4n) is 3.01. The van der Waals surface area contributed by atoms with Crippen LogP contribution in [-0.2, 0) is 4.79 Å². The van der Waals surface area contributed by atoms with Crippen molar-refractivity contribution in [3.63, 3.8) is 0 Å². The third-order valence-electron chi connectivity index (χ3n) is 4.82. The first-order chi connectivity index (χ1) is 8.94. The Bertz CT molecular complexity index is 358. The highest BCUT2D eigenvalue weighted by molar-refractivity contribution is 5.87. The highest BCUT2D eigenvalue weighted by Gasteiger charge is 2.46. The number of amides is 2. The second-order valence-electron chi connectivity index (χ2n) is 6.20. The Balaban J connectivity index is 1.90. The lowest BCUT2D eigenvalue weighted by atomic mass is 9.77. The summed E-state index contributed by atoms with van der Waals surface area (Å²) in [5.41, 5.74) is -1.01. The molecule has 0 aromatic carbocycles. The van der Waals surface area contributed by atoms with Crippen molar-refractivity contribution in [1.29, 1.82) is 0 Å². The molecular weight excluding hydrogens is 244 g/mol. The predicted octanol–water partition coefficient (Wildman–Crippen LogP) is 2.21. The number of urea groups is 1. The summed E-state index contributed by atoms with van der Waals surface area (Å²) in [4.78, 5) is 25.1. The summed E-state index contributed by atoms with van der Waals surface area (Å²) >= 11 is 0. The molecule has 0 atom stereocenters. The van der Waals surface area contributed by atoms with Crippen LogP contribution in [0.3, 0.4) is 0 Å². The summed E-state index contributed by atoms with van der Waals surface area (Å²) in [5.74, 6) is -0.164. The van der Waals surface area contributed by atoms with Crippen LogP contribution in [-0.4, -0.2) is 40.6 Å². The number of carbonyl (C=O) groups is 2. The van der Waals surface area contributed by atoms with E-state index in [0.717, 1.165) is 38.0 Å². The minimum atomic E-state index is -1.01. The first-order valence-electron chi connectivity index (χ1n) is 7.23. The number of rotatable bonds is 3. The average Bonchev–Trinajstić information content (AvgIpc) is 2.33. The molecule has 2 amide bonds. The molecule has 0 unspecified atom stereocenters. The quantitative estimate of drug-likeness (QED) is 0.824. The van der Waals surface area contributed by atoms with Gasteiger partial charge >= 0.3 is 12.0 Å². The van der Waals surface area contributed by atoms with Crippen molar-refractivity contribution in [1.82, 2.24) is 10.2 Å². The Hall–Kier alpha value is -1.26. The first kappa shape index (κ1) is 14.2. The minimum absolute atomic E-state index is 0.235. The number of nitrogens with one attached hydrogen (secondary N) is 1. The molecule has 19 heavy (non-hydrogen) atoms. The molecule has 0 aromatic rings. The normalized spacial score (nSPS) is 29.2. The fourth-order valence-corrected chi connectivity index (χ4v) is 3.01. The monoisotopic (exact) mass is 268 g/mol. The Labute approximate surface area is 114 Å². The van der Waals surface area contributed by atoms with Crippen LogP contribution in [0.4, 0.5) is 4.79 Å². The van der Waals surface area contributed by atoms with Gasteiger partial charge in [-0.25, -0.2) is 9.59 Å². The number of aliphatic carboxylic acids is 1. The second kappa shape index (κ2) is 5.39. The van der Waals surface area contributed by atoms with Gasteiger partial charge in [-0.05, 0) is 50.9 Å². The van der Waals surface area contributed by atoms with E-state index >= 15 is 0 Å². The molecule has 5 heteroatoms. The molecule has 0 spiro atoms. The van der Waals surface area contributed by atoms with E-state index in [1.165, 1.54) is 0 Å². The molecule has 0 saturated heterocycles. The van der Waals surface area contributed by atoms with Crippen LogP contribution >= 0.6 is 0 Å². The van der Waals surface area contributed by atoms with Gasteiger partial charge in [0.2, 0.25) is 0 Å². The van der Waals surface area contributed by atoms with Gasteiger partial charge in [0.05, 0.1) is 0 Å². The van der Waals surface area contributed by atoms with Gasteiger partial charge < -0.3 is 15.3 Å². The van der Waals surface area contributed by atoms with E-state index in [-0.39, 0.29) is 12.1 Å². The maximum absolute atomic E-state index is 12.2. The van der Waals surface area contributed by atoms with E-state index in [2.05, 4.69) is 12.2 Å². The van der Waals surface area contributed by atoms with Crippen molar-refractivity contribution < 1.29 is 14.7 Å². The Morgan fingerprint density at radius 3 is 2.21 bits per heavy atom. The van der Waals surface area contributed by atoms with Crippen LogP contribution in [0.25, 0.3) is 0 Å². The molecule has 0 bridgehead atoms. The van der Waals surface area contributed by atoms with E-state index in [0.29, 0.717) is 12.8 Å². The largest absolute Gasteiger partial charge is 0.480 e.